The molecule has 18 rings (SSSR count). The molecule has 4 aromatic heterocycles. The molecular formula is C87H60N6Si2. The van der Waals surface area contributed by atoms with Crippen LogP contribution in [0.2, 0.25) is 0 Å². The third kappa shape index (κ3) is 8.87. The summed E-state index contributed by atoms with van der Waals surface area (Å²) in [6.07, 6.45) is 0. The van der Waals surface area contributed by atoms with Gasteiger partial charge in [0, 0.05) is 43.6 Å². The fraction of sp³-hybridized carbons (Fsp3) is 0. The van der Waals surface area contributed by atoms with Crippen LogP contribution in [0.5, 0.6) is 0 Å². The molecule has 0 fully saturated rings. The fourth-order valence-electron chi connectivity index (χ4n) is 15.6. The highest BCUT2D eigenvalue weighted by molar-refractivity contribution is 7.20. The Morgan fingerprint density at radius 2 is 0.579 bits per heavy atom. The molecule has 18 aromatic rings. The molecule has 14 aromatic carbocycles. The zero-order valence-electron chi connectivity index (χ0n) is 51.8. The molecule has 0 aliphatic heterocycles. The number of benzene rings is 14. The molecule has 0 unspecified atom stereocenters. The van der Waals surface area contributed by atoms with E-state index in [0.717, 1.165) is 76.7 Å². The molecule has 0 bridgehead atoms. The Hall–Kier alpha value is -12.1. The Balaban J connectivity index is 0.884. The van der Waals surface area contributed by atoms with Gasteiger partial charge in [-0.1, -0.05) is 322 Å². The van der Waals surface area contributed by atoms with E-state index in [2.05, 4.69) is 378 Å². The van der Waals surface area contributed by atoms with Crippen LogP contribution in [-0.4, -0.2) is 44.8 Å². The highest BCUT2D eigenvalue weighted by Gasteiger charge is 2.43. The molecule has 0 spiro atoms. The van der Waals surface area contributed by atoms with Crippen LogP contribution < -0.4 is 41.5 Å². The SMILES string of the molecule is c1ccc(-c2cccc([Si](c3ccccc3)(c3ccccc3)c3ccc(-c4nc(-n5c6ccccc6c6ccccc65)nc(-n5c6ccccc6c6ccc7c(c8ccccc8n7-c7cccc([Si](c8ccccc8)(c8ccccc8)c8ccccc8)c7)c65)n4)cc3)c2)cc1. The Kier molecular flexibility index (Phi) is 13.5. The van der Waals surface area contributed by atoms with Crippen LogP contribution >= 0.6 is 0 Å². The minimum atomic E-state index is -3.01. The summed E-state index contributed by atoms with van der Waals surface area (Å²) in [6, 6.07) is 134. The van der Waals surface area contributed by atoms with Gasteiger partial charge in [0.1, 0.15) is 0 Å². The lowest BCUT2D eigenvalue weighted by atomic mass is 10.1. The summed E-state index contributed by atoms with van der Waals surface area (Å²) >= 11 is 0. The molecule has 95 heavy (non-hydrogen) atoms. The van der Waals surface area contributed by atoms with Gasteiger partial charge >= 0.3 is 0 Å². The lowest BCUT2D eigenvalue weighted by Gasteiger charge is -2.34. The summed E-state index contributed by atoms with van der Waals surface area (Å²) in [5.74, 6) is 1.62. The highest BCUT2D eigenvalue weighted by atomic mass is 28.3. The van der Waals surface area contributed by atoms with E-state index < -0.39 is 16.1 Å². The van der Waals surface area contributed by atoms with Gasteiger partial charge in [0.15, 0.2) is 22.0 Å². The zero-order valence-corrected chi connectivity index (χ0v) is 53.8. The quantitative estimate of drug-likeness (QED) is 0.0854. The first-order valence-corrected chi connectivity index (χ1v) is 36.5. The van der Waals surface area contributed by atoms with Crippen molar-refractivity contribution < 1.29 is 0 Å². The molecule has 8 heteroatoms. The smallest absolute Gasteiger partial charge is 0.240 e. The van der Waals surface area contributed by atoms with Crippen LogP contribution in [0, 0.1) is 0 Å². The number of hydrogen-bond acceptors (Lipinski definition) is 3. The van der Waals surface area contributed by atoms with Gasteiger partial charge in [-0.25, -0.2) is 0 Å². The van der Waals surface area contributed by atoms with Crippen molar-refractivity contribution in [3.05, 3.63) is 364 Å². The monoisotopic (exact) mass is 1240 g/mol. The van der Waals surface area contributed by atoms with E-state index in [1.807, 2.05) is 0 Å². The second kappa shape index (κ2) is 22.9. The van der Waals surface area contributed by atoms with Gasteiger partial charge in [-0.2, -0.15) is 15.0 Å². The first kappa shape index (κ1) is 55.7. The van der Waals surface area contributed by atoms with E-state index in [1.54, 1.807) is 0 Å². The van der Waals surface area contributed by atoms with Gasteiger partial charge in [-0.3, -0.25) is 9.13 Å². The van der Waals surface area contributed by atoms with Crippen molar-refractivity contribution in [1.29, 1.82) is 0 Å². The van der Waals surface area contributed by atoms with Crippen molar-refractivity contribution in [2.75, 3.05) is 0 Å². The van der Waals surface area contributed by atoms with Crippen LogP contribution in [-0.2, 0) is 0 Å². The first-order valence-electron chi connectivity index (χ1n) is 32.5. The van der Waals surface area contributed by atoms with Gasteiger partial charge in [0.2, 0.25) is 11.9 Å². The Morgan fingerprint density at radius 3 is 1.08 bits per heavy atom. The van der Waals surface area contributed by atoms with E-state index in [-0.39, 0.29) is 0 Å². The van der Waals surface area contributed by atoms with Crippen LogP contribution in [0.1, 0.15) is 0 Å². The summed E-state index contributed by atoms with van der Waals surface area (Å²) < 4.78 is 7.02. The number of para-hydroxylation sites is 4. The number of hydrogen-bond donors (Lipinski definition) is 0. The molecule has 0 saturated heterocycles. The van der Waals surface area contributed by atoms with Crippen molar-refractivity contribution in [3.8, 4) is 40.1 Å². The van der Waals surface area contributed by atoms with E-state index in [4.69, 9.17) is 15.0 Å². The second-order valence-corrected chi connectivity index (χ2v) is 32.2. The third-order valence-electron chi connectivity index (χ3n) is 19.6. The minimum Gasteiger partial charge on any atom is -0.309 e. The van der Waals surface area contributed by atoms with Crippen molar-refractivity contribution in [3.63, 3.8) is 0 Å². The summed E-state index contributed by atoms with van der Waals surface area (Å²) in [5.41, 5.74) is 10.6. The number of aromatic nitrogens is 6. The van der Waals surface area contributed by atoms with Gasteiger partial charge < -0.3 is 4.57 Å². The van der Waals surface area contributed by atoms with Crippen molar-refractivity contribution in [1.82, 2.24) is 28.7 Å². The molecule has 0 atom stereocenters. The molecule has 0 N–H and O–H groups in total. The molecule has 4 heterocycles. The van der Waals surface area contributed by atoms with Gasteiger partial charge in [0.25, 0.3) is 0 Å². The Bertz CT molecular complexity index is 5700. The van der Waals surface area contributed by atoms with E-state index in [1.165, 1.54) is 52.6 Å². The Morgan fingerprint density at radius 1 is 0.211 bits per heavy atom. The molecule has 0 amide bonds. The molecule has 446 valence electrons. The van der Waals surface area contributed by atoms with Crippen molar-refractivity contribution in [2.45, 2.75) is 0 Å². The van der Waals surface area contributed by atoms with Crippen LogP contribution in [0.3, 0.4) is 0 Å². The largest absolute Gasteiger partial charge is 0.309 e. The lowest BCUT2D eigenvalue weighted by Crippen LogP contribution is -2.74. The summed E-state index contributed by atoms with van der Waals surface area (Å²) in [7, 11) is -5.92. The summed E-state index contributed by atoms with van der Waals surface area (Å²) in [6.45, 7) is 0. The maximum Gasteiger partial charge on any atom is 0.240 e. The maximum absolute atomic E-state index is 5.74. The number of fused-ring (bicyclic) bond motifs is 10. The van der Waals surface area contributed by atoms with Gasteiger partial charge in [0.05, 0.1) is 33.1 Å². The maximum atomic E-state index is 5.74. The molecule has 0 aliphatic carbocycles. The number of nitrogens with zero attached hydrogens (tertiary/aromatic N) is 6. The van der Waals surface area contributed by atoms with Gasteiger partial charge in [-0.05, 0) is 95.1 Å². The van der Waals surface area contributed by atoms with Crippen LogP contribution in [0.15, 0.2) is 364 Å². The molecule has 0 radical (unpaired) electrons. The fourth-order valence-corrected chi connectivity index (χ4v) is 25.1. The lowest BCUT2D eigenvalue weighted by molar-refractivity contribution is 0.894. The summed E-state index contributed by atoms with van der Waals surface area (Å²) in [5, 5.41) is 17.1. The molecular weight excluding hydrogens is 1190 g/mol. The molecule has 0 saturated carbocycles. The van der Waals surface area contributed by atoms with Gasteiger partial charge in [-0.15, -0.1) is 0 Å². The Labute approximate surface area is 552 Å². The minimum absolute atomic E-state index is 0.521. The average molecular weight is 1250 g/mol. The standard InChI is InChI=1S/C87H60N6Si2/c1-7-29-61(30-8-1)63-31-27-43-71(59-63)95(68-39-15-5-16-40-68,69-41-17-6-18-42-69)70-55-53-62(54-56-70)85-88-86(92-78-49-23-19-45-73(78)74-46-20-24-50-79(74)92)90-87(89-85)93-80-51-25-21-47-75(80)76-57-58-82-83(84(76)93)77-48-22-26-52-81(77)91(82)64-32-28-44-72(60-64)94(65-33-9-2-10-34-65,66-35-11-3-12-36-66)67-37-13-4-14-38-67/h1-60H. The molecule has 6 nitrogen and oxygen atoms in total. The van der Waals surface area contributed by atoms with Crippen molar-refractivity contribution >= 4 is 123 Å². The predicted octanol–water partition coefficient (Wildman–Crippen LogP) is 15.3. The van der Waals surface area contributed by atoms with Crippen LogP contribution in [0.25, 0.3) is 106 Å². The van der Waals surface area contributed by atoms with Crippen LogP contribution in [0.4, 0.5) is 0 Å². The third-order valence-corrected chi connectivity index (χ3v) is 29.2. The predicted molar refractivity (Wildman–Crippen MR) is 401 cm³/mol. The zero-order chi connectivity index (χ0) is 62.9. The van der Waals surface area contributed by atoms with E-state index >= 15 is 0 Å². The van der Waals surface area contributed by atoms with E-state index in [0.29, 0.717) is 17.7 Å². The second-order valence-electron chi connectivity index (χ2n) is 24.6. The first-order chi connectivity index (χ1) is 47.1. The highest BCUT2D eigenvalue weighted by Crippen LogP contribution is 2.42. The normalized spacial score (nSPS) is 12.0. The molecule has 0 aliphatic rings. The van der Waals surface area contributed by atoms with Crippen molar-refractivity contribution in [2.24, 2.45) is 0 Å². The van der Waals surface area contributed by atoms with E-state index in [9.17, 15) is 0 Å². The average Bonchev–Trinajstić information content (AvgIpc) is 1.65. The number of rotatable bonds is 13. The summed E-state index contributed by atoms with van der Waals surface area (Å²) in [4.78, 5) is 17.1. The topological polar surface area (TPSA) is 53.5 Å².